The third-order valence-corrected chi connectivity index (χ3v) is 3.61. The van der Waals surface area contributed by atoms with Gasteiger partial charge in [-0.1, -0.05) is 56.0 Å². The summed E-state index contributed by atoms with van der Waals surface area (Å²) >= 11 is 0. The molecular weight excluding hydrogens is 200 g/mol. The van der Waals surface area contributed by atoms with Crippen LogP contribution in [0, 0.1) is 0 Å². The van der Waals surface area contributed by atoms with Crippen molar-refractivity contribution in [2.24, 2.45) is 0 Å². The summed E-state index contributed by atoms with van der Waals surface area (Å²) in [4.78, 5) is 0. The Bertz CT molecular complexity index is 323. The average molecular weight is 220 g/mol. The van der Waals surface area contributed by atoms with Crippen molar-refractivity contribution in [1.82, 2.24) is 0 Å². The highest BCUT2D eigenvalue weighted by atomic mass is 16.3. The van der Waals surface area contributed by atoms with Crippen LogP contribution in [0.15, 0.2) is 30.3 Å². The van der Waals surface area contributed by atoms with Gasteiger partial charge in [-0.15, -0.1) is 0 Å². The zero-order valence-corrected chi connectivity index (χ0v) is 9.60. The highest BCUT2D eigenvalue weighted by molar-refractivity contribution is 5.23. The summed E-state index contributed by atoms with van der Waals surface area (Å²) in [5.74, 6) is 0. The van der Waals surface area contributed by atoms with E-state index < -0.39 is 11.7 Å². The molecule has 0 unspecified atom stereocenters. The zero-order chi connectivity index (χ0) is 11.4. The van der Waals surface area contributed by atoms with Gasteiger partial charge >= 0.3 is 0 Å². The molecule has 1 aromatic carbocycles. The van der Waals surface area contributed by atoms with Crippen LogP contribution in [-0.2, 0) is 5.60 Å². The van der Waals surface area contributed by atoms with Gasteiger partial charge in [0, 0.05) is 0 Å². The number of aliphatic hydroxyl groups excluding tert-OH is 1. The van der Waals surface area contributed by atoms with Crippen molar-refractivity contribution in [1.29, 1.82) is 0 Å². The Balaban J connectivity index is 2.25. The second kappa shape index (κ2) is 4.98. The van der Waals surface area contributed by atoms with Crippen molar-refractivity contribution in [3.05, 3.63) is 35.9 Å². The molecule has 2 atom stereocenters. The fraction of sp³-hybridized carbons (Fsp3) is 0.571. The summed E-state index contributed by atoms with van der Waals surface area (Å²) in [6.45, 7) is 0. The standard InChI is InChI=1S/C14H20O2/c15-13-10-6-1-2-7-11-14(13,16)12-8-4-3-5-9-12/h3-5,8-9,13,15-16H,1-2,6-7,10-11H2/t13-,14-/m0/s1. The van der Waals surface area contributed by atoms with E-state index in [4.69, 9.17) is 0 Å². The second-order valence-electron chi connectivity index (χ2n) is 4.76. The van der Waals surface area contributed by atoms with E-state index in [-0.39, 0.29) is 0 Å². The van der Waals surface area contributed by atoms with Crippen LogP contribution in [0.5, 0.6) is 0 Å². The Morgan fingerprint density at radius 3 is 2.44 bits per heavy atom. The minimum Gasteiger partial charge on any atom is -0.390 e. The molecule has 0 heterocycles. The van der Waals surface area contributed by atoms with E-state index >= 15 is 0 Å². The van der Waals surface area contributed by atoms with E-state index in [1.165, 1.54) is 6.42 Å². The Kier molecular flexibility index (Phi) is 3.62. The first-order valence-electron chi connectivity index (χ1n) is 6.19. The molecule has 88 valence electrons. The van der Waals surface area contributed by atoms with Gasteiger partial charge in [-0.3, -0.25) is 0 Å². The summed E-state index contributed by atoms with van der Waals surface area (Å²) in [5.41, 5.74) is -0.189. The van der Waals surface area contributed by atoms with Gasteiger partial charge < -0.3 is 10.2 Å². The molecule has 1 saturated carbocycles. The van der Waals surface area contributed by atoms with E-state index in [9.17, 15) is 10.2 Å². The van der Waals surface area contributed by atoms with Crippen LogP contribution in [0.1, 0.15) is 44.1 Å². The van der Waals surface area contributed by atoms with Crippen LogP contribution >= 0.6 is 0 Å². The van der Waals surface area contributed by atoms with E-state index in [1.807, 2.05) is 30.3 Å². The number of hydrogen-bond acceptors (Lipinski definition) is 2. The molecule has 2 nitrogen and oxygen atoms in total. The Morgan fingerprint density at radius 2 is 1.69 bits per heavy atom. The van der Waals surface area contributed by atoms with Gasteiger partial charge in [0.05, 0.1) is 6.10 Å². The number of rotatable bonds is 1. The van der Waals surface area contributed by atoms with Gasteiger partial charge in [-0.2, -0.15) is 0 Å². The topological polar surface area (TPSA) is 40.5 Å². The van der Waals surface area contributed by atoms with Crippen LogP contribution in [0.4, 0.5) is 0 Å². The molecule has 1 aliphatic rings. The highest BCUT2D eigenvalue weighted by Gasteiger charge is 2.37. The minimum absolute atomic E-state index is 0.629. The molecule has 0 spiro atoms. The smallest absolute Gasteiger partial charge is 0.115 e. The van der Waals surface area contributed by atoms with Crippen LogP contribution in [0.2, 0.25) is 0 Å². The fourth-order valence-electron chi connectivity index (χ4n) is 2.55. The molecule has 1 aromatic rings. The minimum atomic E-state index is -1.04. The molecule has 0 aliphatic heterocycles. The number of hydrogen-bond donors (Lipinski definition) is 2. The third kappa shape index (κ3) is 2.28. The van der Waals surface area contributed by atoms with Crippen molar-refractivity contribution < 1.29 is 10.2 Å². The lowest BCUT2D eigenvalue weighted by Gasteiger charge is -2.35. The van der Waals surface area contributed by atoms with Crippen molar-refractivity contribution in [3.8, 4) is 0 Å². The predicted molar refractivity (Wildman–Crippen MR) is 64.0 cm³/mol. The molecule has 0 amide bonds. The third-order valence-electron chi connectivity index (χ3n) is 3.61. The predicted octanol–water partition coefficient (Wildman–Crippen LogP) is 2.59. The van der Waals surface area contributed by atoms with E-state index in [1.54, 1.807) is 0 Å². The first-order chi connectivity index (χ1) is 7.73. The maximum absolute atomic E-state index is 10.7. The molecule has 2 rings (SSSR count). The molecular formula is C14H20O2. The van der Waals surface area contributed by atoms with E-state index in [0.29, 0.717) is 12.8 Å². The van der Waals surface area contributed by atoms with Crippen molar-refractivity contribution in [2.75, 3.05) is 0 Å². The van der Waals surface area contributed by atoms with Gasteiger partial charge in [0.15, 0.2) is 0 Å². The van der Waals surface area contributed by atoms with E-state index in [0.717, 1.165) is 24.8 Å². The van der Waals surface area contributed by atoms with Crippen LogP contribution in [0.3, 0.4) is 0 Å². The maximum Gasteiger partial charge on any atom is 0.115 e. The van der Waals surface area contributed by atoms with Crippen molar-refractivity contribution in [2.45, 2.75) is 50.2 Å². The molecule has 0 bridgehead atoms. The summed E-state index contributed by atoms with van der Waals surface area (Å²) < 4.78 is 0. The highest BCUT2D eigenvalue weighted by Crippen LogP contribution is 2.35. The molecule has 2 N–H and O–H groups in total. The fourth-order valence-corrected chi connectivity index (χ4v) is 2.55. The molecule has 1 aliphatic carbocycles. The zero-order valence-electron chi connectivity index (χ0n) is 9.60. The van der Waals surface area contributed by atoms with Crippen molar-refractivity contribution >= 4 is 0 Å². The van der Waals surface area contributed by atoms with Crippen LogP contribution in [0.25, 0.3) is 0 Å². The van der Waals surface area contributed by atoms with Gasteiger partial charge in [0.25, 0.3) is 0 Å². The Labute approximate surface area is 96.9 Å². The Hall–Kier alpha value is -0.860. The van der Waals surface area contributed by atoms with Gasteiger partial charge in [0.1, 0.15) is 5.60 Å². The number of aliphatic hydroxyl groups is 2. The van der Waals surface area contributed by atoms with E-state index in [2.05, 4.69) is 0 Å². The second-order valence-corrected chi connectivity index (χ2v) is 4.76. The summed E-state index contributed by atoms with van der Waals surface area (Å²) in [7, 11) is 0. The van der Waals surface area contributed by atoms with Crippen LogP contribution in [-0.4, -0.2) is 16.3 Å². The summed E-state index contributed by atoms with van der Waals surface area (Å²) in [6, 6.07) is 9.58. The first-order valence-corrected chi connectivity index (χ1v) is 6.19. The largest absolute Gasteiger partial charge is 0.390 e. The van der Waals surface area contributed by atoms with Gasteiger partial charge in [-0.05, 0) is 18.4 Å². The lowest BCUT2D eigenvalue weighted by molar-refractivity contribution is -0.0947. The average Bonchev–Trinajstić information content (AvgIpc) is 2.32. The lowest BCUT2D eigenvalue weighted by Crippen LogP contribution is -2.40. The van der Waals surface area contributed by atoms with Crippen molar-refractivity contribution in [3.63, 3.8) is 0 Å². The maximum atomic E-state index is 10.7. The molecule has 2 heteroatoms. The van der Waals surface area contributed by atoms with Gasteiger partial charge in [-0.25, -0.2) is 0 Å². The Morgan fingerprint density at radius 1 is 1.00 bits per heavy atom. The molecule has 0 saturated heterocycles. The number of benzene rings is 1. The molecule has 1 fully saturated rings. The van der Waals surface area contributed by atoms with Crippen LogP contribution < -0.4 is 0 Å². The monoisotopic (exact) mass is 220 g/mol. The normalized spacial score (nSPS) is 31.8. The summed E-state index contributed by atoms with van der Waals surface area (Å²) in [6.07, 6.45) is 5.06. The summed E-state index contributed by atoms with van der Waals surface area (Å²) in [5, 5.41) is 20.8. The van der Waals surface area contributed by atoms with Gasteiger partial charge in [0.2, 0.25) is 0 Å². The SMILES string of the molecule is O[C@H]1CCCCCC[C@]1(O)c1ccccc1. The lowest BCUT2D eigenvalue weighted by atomic mass is 9.79. The molecule has 0 aromatic heterocycles. The molecule has 0 radical (unpaired) electrons. The quantitative estimate of drug-likeness (QED) is 0.763. The first kappa shape index (κ1) is 11.6. The molecule has 16 heavy (non-hydrogen) atoms.